The second-order valence-electron chi connectivity index (χ2n) is 7.84. The highest BCUT2D eigenvalue weighted by Crippen LogP contribution is 2.47. The van der Waals surface area contributed by atoms with Gasteiger partial charge in [-0.15, -0.1) is 0 Å². The Balaban J connectivity index is 1.89. The van der Waals surface area contributed by atoms with E-state index in [4.69, 9.17) is 0 Å². The molecule has 2 unspecified atom stereocenters. The standard InChI is InChI=1S/C20H31N/c1-20(2)13-7-6-10-18(20)19(21-3)17-12-11-15-8-4-5-9-16(15)14-17/h11-12,14,18-19,21H,4-10,13H2,1-3H3. The SMILES string of the molecule is CNC(c1ccc2c(c1)CCCC2)C1CCCCC1(C)C. The highest BCUT2D eigenvalue weighted by Gasteiger charge is 2.37. The molecule has 3 rings (SSSR count). The first-order valence-electron chi connectivity index (χ1n) is 8.91. The second kappa shape index (κ2) is 6.12. The third kappa shape index (κ3) is 3.04. The van der Waals surface area contributed by atoms with E-state index in [0.717, 1.165) is 5.92 Å². The molecule has 2 aliphatic carbocycles. The maximum Gasteiger partial charge on any atom is 0.0351 e. The maximum atomic E-state index is 3.65. The van der Waals surface area contributed by atoms with Crippen molar-refractivity contribution in [3.8, 4) is 0 Å². The van der Waals surface area contributed by atoms with Crippen molar-refractivity contribution in [2.75, 3.05) is 7.05 Å². The Bertz CT molecular complexity index is 489. The van der Waals surface area contributed by atoms with Gasteiger partial charge >= 0.3 is 0 Å². The number of aryl methyl sites for hydroxylation is 2. The van der Waals surface area contributed by atoms with Gasteiger partial charge in [0.2, 0.25) is 0 Å². The molecule has 0 heterocycles. The van der Waals surface area contributed by atoms with Gasteiger partial charge < -0.3 is 5.32 Å². The first-order valence-corrected chi connectivity index (χ1v) is 8.91. The minimum Gasteiger partial charge on any atom is -0.313 e. The molecule has 2 aliphatic rings. The number of benzene rings is 1. The molecule has 1 aromatic carbocycles. The molecule has 1 heteroatoms. The van der Waals surface area contributed by atoms with Gasteiger partial charge in [0.15, 0.2) is 0 Å². The molecule has 0 aliphatic heterocycles. The summed E-state index contributed by atoms with van der Waals surface area (Å²) in [7, 11) is 2.15. The molecule has 0 saturated heterocycles. The molecule has 0 spiro atoms. The van der Waals surface area contributed by atoms with Crippen LogP contribution in [-0.2, 0) is 12.8 Å². The molecule has 1 N–H and O–H groups in total. The van der Waals surface area contributed by atoms with E-state index in [-0.39, 0.29) is 0 Å². The second-order valence-corrected chi connectivity index (χ2v) is 7.84. The Morgan fingerprint density at radius 1 is 1.05 bits per heavy atom. The fraction of sp³-hybridized carbons (Fsp3) is 0.700. The highest BCUT2D eigenvalue weighted by atomic mass is 14.9. The van der Waals surface area contributed by atoms with Crippen LogP contribution in [0.3, 0.4) is 0 Å². The summed E-state index contributed by atoms with van der Waals surface area (Å²) in [5.41, 5.74) is 5.20. The molecule has 0 amide bonds. The van der Waals surface area contributed by atoms with Gasteiger partial charge in [-0.3, -0.25) is 0 Å². The van der Waals surface area contributed by atoms with E-state index >= 15 is 0 Å². The van der Waals surface area contributed by atoms with Crippen LogP contribution in [0.1, 0.15) is 75.1 Å². The Hall–Kier alpha value is -0.820. The zero-order chi connectivity index (χ0) is 14.9. The third-order valence-corrected chi connectivity index (χ3v) is 6.04. The molecule has 116 valence electrons. The number of hydrogen-bond donors (Lipinski definition) is 1. The minimum absolute atomic E-state index is 0.460. The van der Waals surface area contributed by atoms with Crippen molar-refractivity contribution >= 4 is 0 Å². The lowest BCUT2D eigenvalue weighted by Gasteiger charge is -2.43. The van der Waals surface area contributed by atoms with Crippen LogP contribution in [0, 0.1) is 11.3 Å². The number of fused-ring (bicyclic) bond motifs is 1. The van der Waals surface area contributed by atoms with Gasteiger partial charge in [-0.1, -0.05) is 44.9 Å². The molecule has 21 heavy (non-hydrogen) atoms. The van der Waals surface area contributed by atoms with E-state index in [1.54, 1.807) is 11.1 Å². The number of nitrogens with one attached hydrogen (secondary N) is 1. The predicted octanol–water partition coefficient (Wildman–Crippen LogP) is 5.04. The Kier molecular flexibility index (Phi) is 4.40. The summed E-state index contributed by atoms with van der Waals surface area (Å²) in [5.74, 6) is 0.762. The van der Waals surface area contributed by atoms with Gasteiger partial charge in [0, 0.05) is 6.04 Å². The van der Waals surface area contributed by atoms with Crippen LogP contribution in [-0.4, -0.2) is 7.05 Å². The van der Waals surface area contributed by atoms with Gasteiger partial charge in [0.25, 0.3) is 0 Å². The van der Waals surface area contributed by atoms with Crippen molar-refractivity contribution < 1.29 is 0 Å². The van der Waals surface area contributed by atoms with Crippen LogP contribution in [0.5, 0.6) is 0 Å². The van der Waals surface area contributed by atoms with Gasteiger partial charge in [0.05, 0.1) is 0 Å². The molecule has 1 nitrogen and oxygen atoms in total. The van der Waals surface area contributed by atoms with Crippen LogP contribution in [0.4, 0.5) is 0 Å². The minimum atomic E-state index is 0.460. The van der Waals surface area contributed by atoms with E-state index in [1.165, 1.54) is 56.9 Å². The largest absolute Gasteiger partial charge is 0.313 e. The van der Waals surface area contributed by atoms with Gasteiger partial charge in [-0.2, -0.15) is 0 Å². The van der Waals surface area contributed by atoms with Gasteiger partial charge in [0.1, 0.15) is 0 Å². The predicted molar refractivity (Wildman–Crippen MR) is 90.6 cm³/mol. The van der Waals surface area contributed by atoms with Crippen molar-refractivity contribution in [2.24, 2.45) is 11.3 Å². The van der Waals surface area contributed by atoms with Gasteiger partial charge in [-0.05, 0) is 73.6 Å². The first-order chi connectivity index (χ1) is 10.1. The van der Waals surface area contributed by atoms with Crippen LogP contribution >= 0.6 is 0 Å². The van der Waals surface area contributed by atoms with Gasteiger partial charge in [-0.25, -0.2) is 0 Å². The van der Waals surface area contributed by atoms with Crippen LogP contribution in [0.25, 0.3) is 0 Å². The van der Waals surface area contributed by atoms with E-state index in [2.05, 4.69) is 44.4 Å². The lowest BCUT2D eigenvalue weighted by molar-refractivity contribution is 0.101. The summed E-state index contributed by atoms with van der Waals surface area (Å²) >= 11 is 0. The fourth-order valence-electron chi connectivity index (χ4n) is 4.69. The zero-order valence-corrected chi connectivity index (χ0v) is 14.0. The van der Waals surface area contributed by atoms with E-state index in [9.17, 15) is 0 Å². The molecule has 2 atom stereocenters. The maximum absolute atomic E-state index is 3.65. The van der Waals surface area contributed by atoms with Crippen LogP contribution in [0.15, 0.2) is 18.2 Å². The highest BCUT2D eigenvalue weighted by molar-refractivity contribution is 5.35. The van der Waals surface area contributed by atoms with Crippen molar-refractivity contribution in [2.45, 2.75) is 71.3 Å². The fourth-order valence-corrected chi connectivity index (χ4v) is 4.69. The Morgan fingerprint density at radius 3 is 2.52 bits per heavy atom. The van der Waals surface area contributed by atoms with E-state index in [1.807, 2.05) is 0 Å². The molecular formula is C20H31N. The summed E-state index contributed by atoms with van der Waals surface area (Å²) in [5, 5.41) is 3.65. The summed E-state index contributed by atoms with van der Waals surface area (Å²) < 4.78 is 0. The molecule has 1 saturated carbocycles. The first kappa shape index (κ1) is 15.1. The van der Waals surface area contributed by atoms with Crippen molar-refractivity contribution in [3.05, 3.63) is 34.9 Å². The summed E-state index contributed by atoms with van der Waals surface area (Å²) in [6.07, 6.45) is 10.9. The monoisotopic (exact) mass is 285 g/mol. The molecule has 0 bridgehead atoms. The lowest BCUT2D eigenvalue weighted by atomic mass is 9.64. The third-order valence-electron chi connectivity index (χ3n) is 6.04. The average Bonchev–Trinajstić information content (AvgIpc) is 2.49. The summed E-state index contributed by atoms with van der Waals surface area (Å²) in [4.78, 5) is 0. The smallest absolute Gasteiger partial charge is 0.0351 e. The molecule has 0 radical (unpaired) electrons. The quantitative estimate of drug-likeness (QED) is 0.820. The van der Waals surface area contributed by atoms with Crippen LogP contribution in [0.2, 0.25) is 0 Å². The summed E-state index contributed by atoms with van der Waals surface area (Å²) in [6, 6.07) is 7.84. The van der Waals surface area contributed by atoms with Crippen molar-refractivity contribution in [1.29, 1.82) is 0 Å². The Labute approximate surface area is 130 Å². The Morgan fingerprint density at radius 2 is 1.81 bits per heavy atom. The van der Waals surface area contributed by atoms with E-state index < -0.39 is 0 Å². The van der Waals surface area contributed by atoms with E-state index in [0.29, 0.717) is 11.5 Å². The molecule has 0 aromatic heterocycles. The zero-order valence-electron chi connectivity index (χ0n) is 14.0. The molecule has 1 fully saturated rings. The molecular weight excluding hydrogens is 254 g/mol. The van der Waals surface area contributed by atoms with Crippen LogP contribution < -0.4 is 5.32 Å². The van der Waals surface area contributed by atoms with Crippen molar-refractivity contribution in [1.82, 2.24) is 5.32 Å². The van der Waals surface area contributed by atoms with Crippen molar-refractivity contribution in [3.63, 3.8) is 0 Å². The average molecular weight is 285 g/mol. The lowest BCUT2D eigenvalue weighted by Crippen LogP contribution is -2.37. The number of rotatable bonds is 3. The number of hydrogen-bond acceptors (Lipinski definition) is 1. The molecule has 1 aromatic rings. The topological polar surface area (TPSA) is 12.0 Å². The normalized spacial score (nSPS) is 26.1. The summed E-state index contributed by atoms with van der Waals surface area (Å²) in [6.45, 7) is 4.94.